The summed E-state index contributed by atoms with van der Waals surface area (Å²) in [6, 6.07) is 17.0. The largest absolute Gasteiger partial charge is 0.487 e. The first kappa shape index (κ1) is 22.5. The topological polar surface area (TPSA) is 66.8 Å². The Labute approximate surface area is 190 Å². The highest BCUT2D eigenvalue weighted by Crippen LogP contribution is 2.37. The van der Waals surface area contributed by atoms with Crippen LogP contribution in [0.15, 0.2) is 66.7 Å². The van der Waals surface area contributed by atoms with E-state index in [4.69, 9.17) is 4.74 Å². The van der Waals surface area contributed by atoms with Crippen molar-refractivity contribution >= 4 is 11.9 Å². The lowest BCUT2D eigenvalue weighted by molar-refractivity contribution is -0.137. The van der Waals surface area contributed by atoms with Crippen LogP contribution in [0, 0.1) is 11.6 Å². The third-order valence-electron chi connectivity index (χ3n) is 5.60. The molecule has 0 bridgehead atoms. The van der Waals surface area contributed by atoms with Gasteiger partial charge in [0.15, 0.2) is 0 Å². The quantitative estimate of drug-likeness (QED) is 0.569. The molecule has 0 saturated heterocycles. The summed E-state index contributed by atoms with van der Waals surface area (Å²) >= 11 is 0. The Morgan fingerprint density at radius 3 is 2.45 bits per heavy atom. The van der Waals surface area contributed by atoms with Crippen LogP contribution in [0.3, 0.4) is 0 Å². The number of halogens is 2. The van der Waals surface area contributed by atoms with Crippen LogP contribution in [0.4, 0.5) is 8.78 Å². The molecule has 0 unspecified atom stereocenters. The van der Waals surface area contributed by atoms with Crippen LogP contribution >= 0.6 is 0 Å². The Balaban J connectivity index is 1.53. The minimum atomic E-state index is -1.16. The lowest BCUT2D eigenvalue weighted by atomic mass is 9.91. The van der Waals surface area contributed by atoms with Gasteiger partial charge < -0.3 is 14.7 Å². The van der Waals surface area contributed by atoms with E-state index in [1.54, 1.807) is 36.4 Å². The number of amides is 1. The van der Waals surface area contributed by atoms with Crippen molar-refractivity contribution in [2.75, 3.05) is 6.54 Å². The van der Waals surface area contributed by atoms with E-state index >= 15 is 0 Å². The van der Waals surface area contributed by atoms with Crippen molar-refractivity contribution in [3.63, 3.8) is 0 Å². The van der Waals surface area contributed by atoms with E-state index in [0.29, 0.717) is 29.7 Å². The molecule has 5 nitrogen and oxygen atoms in total. The molecule has 0 radical (unpaired) electrons. The SMILES string of the molecule is C[C@]1(Cc2ccc(F)cc2)Cc2cc(C(=O)N(CC(=O)O)Cc3cccc(F)c3)ccc2O1. The number of hydrogen-bond acceptors (Lipinski definition) is 3. The molecule has 3 aromatic rings. The Morgan fingerprint density at radius 1 is 1.00 bits per heavy atom. The van der Waals surface area contributed by atoms with Gasteiger partial charge in [0.1, 0.15) is 29.5 Å². The van der Waals surface area contributed by atoms with E-state index in [0.717, 1.165) is 11.1 Å². The highest BCUT2D eigenvalue weighted by molar-refractivity contribution is 5.96. The van der Waals surface area contributed by atoms with E-state index < -0.39 is 29.8 Å². The van der Waals surface area contributed by atoms with Crippen molar-refractivity contribution in [2.24, 2.45) is 0 Å². The summed E-state index contributed by atoms with van der Waals surface area (Å²) in [7, 11) is 0. The number of ether oxygens (including phenoxy) is 1. The lowest BCUT2D eigenvalue weighted by Crippen LogP contribution is -2.35. The zero-order chi connectivity index (χ0) is 23.6. The second-order valence-corrected chi connectivity index (χ2v) is 8.54. The van der Waals surface area contributed by atoms with Crippen molar-refractivity contribution in [3.05, 3.63) is 101 Å². The number of hydrogen-bond donors (Lipinski definition) is 1. The van der Waals surface area contributed by atoms with Crippen molar-refractivity contribution in [1.29, 1.82) is 0 Å². The van der Waals surface area contributed by atoms with Crippen molar-refractivity contribution < 1.29 is 28.2 Å². The first-order chi connectivity index (χ1) is 15.7. The molecule has 1 atom stereocenters. The van der Waals surface area contributed by atoms with Crippen LogP contribution in [0.25, 0.3) is 0 Å². The molecule has 1 aliphatic heterocycles. The highest BCUT2D eigenvalue weighted by Gasteiger charge is 2.35. The second kappa shape index (κ2) is 9.02. The summed E-state index contributed by atoms with van der Waals surface area (Å²) in [6.45, 7) is 1.42. The summed E-state index contributed by atoms with van der Waals surface area (Å²) in [5, 5.41) is 9.28. The number of rotatable bonds is 7. The number of carbonyl (C=O) groups excluding carboxylic acids is 1. The summed E-state index contributed by atoms with van der Waals surface area (Å²) in [6.07, 6.45) is 1.11. The van der Waals surface area contributed by atoms with Crippen molar-refractivity contribution in [1.82, 2.24) is 4.90 Å². The van der Waals surface area contributed by atoms with Crippen LogP contribution in [-0.2, 0) is 24.2 Å². The van der Waals surface area contributed by atoms with E-state index in [1.807, 2.05) is 6.92 Å². The fraction of sp³-hybridized carbons (Fsp3) is 0.231. The zero-order valence-electron chi connectivity index (χ0n) is 18.1. The van der Waals surface area contributed by atoms with Crippen molar-refractivity contribution in [3.8, 4) is 5.75 Å². The Kier molecular flexibility index (Phi) is 6.14. The third-order valence-corrected chi connectivity index (χ3v) is 5.60. The maximum atomic E-state index is 13.6. The van der Waals surface area contributed by atoms with Crippen LogP contribution < -0.4 is 4.74 Å². The molecular weight excluding hydrogens is 428 g/mol. The van der Waals surface area contributed by atoms with Gasteiger partial charge >= 0.3 is 5.97 Å². The molecule has 1 N–H and O–H groups in total. The smallest absolute Gasteiger partial charge is 0.323 e. The van der Waals surface area contributed by atoms with Gasteiger partial charge in [-0.25, -0.2) is 8.78 Å². The maximum Gasteiger partial charge on any atom is 0.323 e. The fourth-order valence-corrected chi connectivity index (χ4v) is 4.19. The highest BCUT2D eigenvalue weighted by atomic mass is 19.1. The molecule has 3 aromatic carbocycles. The van der Waals surface area contributed by atoms with E-state index in [9.17, 15) is 23.5 Å². The number of nitrogens with zero attached hydrogens (tertiary/aromatic N) is 1. The predicted octanol–water partition coefficient (Wildman–Crippen LogP) is 4.63. The van der Waals surface area contributed by atoms with Gasteiger partial charge in [0, 0.05) is 24.9 Å². The van der Waals surface area contributed by atoms with Gasteiger partial charge in [-0.3, -0.25) is 9.59 Å². The van der Waals surface area contributed by atoms with E-state index in [1.165, 1.54) is 35.2 Å². The molecule has 33 heavy (non-hydrogen) atoms. The Bertz CT molecular complexity index is 1200. The van der Waals surface area contributed by atoms with Gasteiger partial charge in [0.05, 0.1) is 0 Å². The molecular formula is C26H23F2NO4. The summed E-state index contributed by atoms with van der Waals surface area (Å²) < 4.78 is 32.9. The van der Waals surface area contributed by atoms with Gasteiger partial charge in [0.25, 0.3) is 5.91 Å². The summed E-state index contributed by atoms with van der Waals surface area (Å²) in [4.78, 5) is 25.7. The van der Waals surface area contributed by atoms with Gasteiger partial charge in [-0.2, -0.15) is 0 Å². The third kappa shape index (κ3) is 5.37. The number of carbonyl (C=O) groups is 2. The minimum absolute atomic E-state index is 0.0290. The molecule has 1 heterocycles. The van der Waals surface area contributed by atoms with E-state index in [2.05, 4.69) is 0 Å². The number of benzene rings is 3. The number of carboxylic acids is 1. The maximum absolute atomic E-state index is 13.6. The standard InChI is InChI=1S/C26H23F2NO4/c1-26(13-17-5-8-21(27)9-6-17)14-20-12-19(7-10-23(20)33-26)25(32)29(16-24(30)31)15-18-3-2-4-22(28)11-18/h2-12H,13-16H2,1H3,(H,30,31)/t26-/m0/s1. The molecule has 0 aromatic heterocycles. The monoisotopic (exact) mass is 451 g/mol. The molecule has 0 spiro atoms. The summed E-state index contributed by atoms with van der Waals surface area (Å²) in [5.41, 5.74) is 2.06. The number of fused-ring (bicyclic) bond motifs is 1. The normalized spacial score (nSPS) is 16.7. The average Bonchev–Trinajstić information content (AvgIpc) is 3.09. The van der Waals surface area contributed by atoms with Gasteiger partial charge in [-0.05, 0) is 66.1 Å². The number of carboxylic acid groups (broad SMARTS) is 1. The van der Waals surface area contributed by atoms with Crippen LogP contribution in [0.5, 0.6) is 5.75 Å². The molecule has 0 saturated carbocycles. The lowest BCUT2D eigenvalue weighted by Gasteiger charge is -2.24. The molecule has 1 aliphatic rings. The molecule has 0 fully saturated rings. The molecule has 1 amide bonds. The average molecular weight is 451 g/mol. The molecule has 7 heteroatoms. The van der Waals surface area contributed by atoms with Gasteiger partial charge in [0.2, 0.25) is 0 Å². The Hall–Kier alpha value is -3.74. The number of aliphatic carboxylic acids is 1. The van der Waals surface area contributed by atoms with Crippen LogP contribution in [0.1, 0.15) is 34.0 Å². The van der Waals surface area contributed by atoms with E-state index in [-0.39, 0.29) is 12.4 Å². The minimum Gasteiger partial charge on any atom is -0.487 e. The second-order valence-electron chi connectivity index (χ2n) is 8.54. The van der Waals surface area contributed by atoms with Crippen molar-refractivity contribution in [2.45, 2.75) is 31.9 Å². The van der Waals surface area contributed by atoms with Crippen LogP contribution in [0.2, 0.25) is 0 Å². The fourth-order valence-electron chi connectivity index (χ4n) is 4.19. The molecule has 0 aliphatic carbocycles. The van der Waals surface area contributed by atoms with Crippen LogP contribution in [-0.4, -0.2) is 34.0 Å². The van der Waals surface area contributed by atoms with Gasteiger partial charge in [-0.15, -0.1) is 0 Å². The first-order valence-electron chi connectivity index (χ1n) is 10.5. The zero-order valence-corrected chi connectivity index (χ0v) is 18.1. The first-order valence-corrected chi connectivity index (χ1v) is 10.5. The Morgan fingerprint density at radius 2 is 1.76 bits per heavy atom. The summed E-state index contributed by atoms with van der Waals surface area (Å²) in [5.74, 6) is -1.71. The molecule has 170 valence electrons. The molecule has 4 rings (SSSR count). The predicted molar refractivity (Wildman–Crippen MR) is 118 cm³/mol. The van der Waals surface area contributed by atoms with Gasteiger partial charge in [-0.1, -0.05) is 24.3 Å².